The van der Waals surface area contributed by atoms with E-state index in [4.69, 9.17) is 18.9 Å². The van der Waals surface area contributed by atoms with Crippen molar-refractivity contribution in [2.24, 2.45) is 0 Å². The standard InChI is InChI=1S/C33H42N2O6/c1-5-6-7-8-9-20-41-30-23-26(14-19-29(30)40-4)33(34-31(36)21-24-10-15-27(38-2)16-11-24)35-32(37)22-25-12-17-28(39-3)18-13-25/h10-19,23,33H,5-9,20-22H2,1-4H3,(H,34,36)(H,35,37). The van der Waals surface area contributed by atoms with Crippen molar-refractivity contribution in [3.05, 3.63) is 83.4 Å². The number of methoxy groups -OCH3 is 3. The first-order valence-electron chi connectivity index (χ1n) is 14.1. The molecule has 3 aromatic carbocycles. The Bertz CT molecular complexity index is 1160. The van der Waals surface area contributed by atoms with E-state index in [9.17, 15) is 9.59 Å². The molecule has 3 aromatic rings. The van der Waals surface area contributed by atoms with Crippen LogP contribution in [0, 0.1) is 0 Å². The van der Waals surface area contributed by atoms with Crippen LogP contribution in [0.25, 0.3) is 0 Å². The Kier molecular flexibility index (Phi) is 12.8. The van der Waals surface area contributed by atoms with Crippen LogP contribution in [0.15, 0.2) is 66.7 Å². The minimum Gasteiger partial charge on any atom is -0.497 e. The topological polar surface area (TPSA) is 95.1 Å². The van der Waals surface area contributed by atoms with E-state index in [0.717, 1.165) is 24.0 Å². The van der Waals surface area contributed by atoms with E-state index < -0.39 is 6.17 Å². The maximum Gasteiger partial charge on any atom is 0.226 e. The van der Waals surface area contributed by atoms with Crippen molar-refractivity contribution in [1.29, 1.82) is 0 Å². The Balaban J connectivity index is 1.76. The maximum atomic E-state index is 13.1. The van der Waals surface area contributed by atoms with Crippen LogP contribution in [0.4, 0.5) is 0 Å². The minimum atomic E-state index is -0.774. The summed E-state index contributed by atoms with van der Waals surface area (Å²) in [7, 11) is 4.79. The molecular weight excluding hydrogens is 520 g/mol. The smallest absolute Gasteiger partial charge is 0.226 e. The fourth-order valence-electron chi connectivity index (χ4n) is 4.36. The number of nitrogens with one attached hydrogen (secondary N) is 2. The first-order chi connectivity index (χ1) is 19.9. The fraction of sp³-hybridized carbons (Fsp3) is 0.394. The molecule has 0 fully saturated rings. The Labute approximate surface area is 243 Å². The number of carbonyl (C=O) groups is 2. The van der Waals surface area contributed by atoms with Gasteiger partial charge in [-0.2, -0.15) is 0 Å². The third-order valence-electron chi connectivity index (χ3n) is 6.68. The molecular formula is C33H42N2O6. The monoisotopic (exact) mass is 562 g/mol. The lowest BCUT2D eigenvalue weighted by Crippen LogP contribution is -2.42. The first kappa shape index (κ1) is 31.3. The Morgan fingerprint density at radius 1 is 0.659 bits per heavy atom. The Morgan fingerprint density at radius 3 is 1.68 bits per heavy atom. The van der Waals surface area contributed by atoms with Gasteiger partial charge >= 0.3 is 0 Å². The summed E-state index contributed by atoms with van der Waals surface area (Å²) in [5, 5.41) is 5.96. The van der Waals surface area contributed by atoms with Crippen LogP contribution in [0.5, 0.6) is 23.0 Å². The zero-order chi connectivity index (χ0) is 29.5. The molecule has 2 N–H and O–H groups in total. The molecule has 0 bridgehead atoms. The number of hydrogen-bond donors (Lipinski definition) is 2. The predicted octanol–water partition coefficient (Wildman–Crippen LogP) is 5.78. The molecule has 8 nitrogen and oxygen atoms in total. The molecule has 0 unspecified atom stereocenters. The highest BCUT2D eigenvalue weighted by Gasteiger charge is 2.20. The molecule has 0 saturated carbocycles. The van der Waals surface area contributed by atoms with Crippen molar-refractivity contribution in [3.8, 4) is 23.0 Å². The quantitative estimate of drug-likeness (QED) is 0.160. The van der Waals surface area contributed by atoms with E-state index in [1.807, 2.05) is 60.7 Å². The Hall–Kier alpha value is -4.20. The summed E-state index contributed by atoms with van der Waals surface area (Å²) in [5.74, 6) is 2.12. The summed E-state index contributed by atoms with van der Waals surface area (Å²) in [6.07, 6.45) is 5.14. The van der Waals surface area contributed by atoms with Crippen molar-refractivity contribution in [2.75, 3.05) is 27.9 Å². The number of amides is 2. The van der Waals surface area contributed by atoms with Gasteiger partial charge in [0.2, 0.25) is 11.8 Å². The zero-order valence-corrected chi connectivity index (χ0v) is 24.5. The second kappa shape index (κ2) is 16.8. The lowest BCUT2D eigenvalue weighted by molar-refractivity contribution is -0.123. The van der Waals surface area contributed by atoms with E-state index in [1.165, 1.54) is 19.3 Å². The summed E-state index contributed by atoms with van der Waals surface area (Å²) >= 11 is 0. The molecule has 3 rings (SSSR count). The molecule has 0 aliphatic heterocycles. The second-order valence-electron chi connectivity index (χ2n) is 9.79. The maximum absolute atomic E-state index is 13.1. The van der Waals surface area contributed by atoms with Gasteiger partial charge in [-0.05, 0) is 59.5 Å². The van der Waals surface area contributed by atoms with Crippen LogP contribution in [-0.2, 0) is 22.4 Å². The largest absolute Gasteiger partial charge is 0.497 e. The number of ether oxygens (including phenoxy) is 4. The molecule has 0 atom stereocenters. The van der Waals surface area contributed by atoms with Gasteiger partial charge in [-0.3, -0.25) is 9.59 Å². The summed E-state index contributed by atoms with van der Waals surface area (Å²) in [4.78, 5) is 26.2. The minimum absolute atomic E-state index is 0.145. The van der Waals surface area contributed by atoms with Gasteiger partial charge in [0.05, 0.1) is 40.8 Å². The number of carbonyl (C=O) groups excluding carboxylic acids is 2. The molecule has 0 spiro atoms. The molecule has 2 amide bonds. The molecule has 220 valence electrons. The molecule has 0 aromatic heterocycles. The number of unbranched alkanes of at least 4 members (excludes halogenated alkanes) is 4. The van der Waals surface area contributed by atoms with Crippen LogP contribution in [0.2, 0.25) is 0 Å². The third-order valence-corrected chi connectivity index (χ3v) is 6.68. The lowest BCUT2D eigenvalue weighted by atomic mass is 10.1. The van der Waals surface area contributed by atoms with Crippen molar-refractivity contribution in [1.82, 2.24) is 10.6 Å². The second-order valence-corrected chi connectivity index (χ2v) is 9.79. The summed E-state index contributed by atoms with van der Waals surface area (Å²) in [6.45, 7) is 2.75. The highest BCUT2D eigenvalue weighted by molar-refractivity contribution is 5.82. The van der Waals surface area contributed by atoms with Crippen LogP contribution in [0.1, 0.15) is 61.9 Å². The van der Waals surface area contributed by atoms with Crippen LogP contribution < -0.4 is 29.6 Å². The van der Waals surface area contributed by atoms with Crippen LogP contribution in [-0.4, -0.2) is 39.8 Å². The third kappa shape index (κ3) is 10.4. The normalized spacial score (nSPS) is 10.7. The van der Waals surface area contributed by atoms with Gasteiger partial charge in [0.1, 0.15) is 17.7 Å². The molecule has 8 heteroatoms. The van der Waals surface area contributed by atoms with E-state index in [1.54, 1.807) is 27.4 Å². The number of rotatable bonds is 17. The van der Waals surface area contributed by atoms with Crippen molar-refractivity contribution < 1.29 is 28.5 Å². The molecule has 0 saturated heterocycles. The van der Waals surface area contributed by atoms with Crippen molar-refractivity contribution in [2.45, 2.75) is 58.0 Å². The van der Waals surface area contributed by atoms with E-state index >= 15 is 0 Å². The summed E-state index contributed by atoms with van der Waals surface area (Å²) in [6, 6.07) is 20.0. The van der Waals surface area contributed by atoms with Gasteiger partial charge in [-0.25, -0.2) is 0 Å². The average Bonchev–Trinajstić information content (AvgIpc) is 2.99. The SMILES string of the molecule is CCCCCCCOc1cc(C(NC(=O)Cc2ccc(OC)cc2)NC(=O)Cc2ccc(OC)cc2)ccc1OC. The molecule has 0 radical (unpaired) electrons. The highest BCUT2D eigenvalue weighted by atomic mass is 16.5. The van der Waals surface area contributed by atoms with Gasteiger partial charge in [0, 0.05) is 0 Å². The van der Waals surface area contributed by atoms with Crippen LogP contribution in [0.3, 0.4) is 0 Å². The lowest BCUT2D eigenvalue weighted by Gasteiger charge is -2.22. The number of hydrogen-bond acceptors (Lipinski definition) is 6. The van der Waals surface area contributed by atoms with Gasteiger partial charge < -0.3 is 29.6 Å². The average molecular weight is 563 g/mol. The number of benzene rings is 3. The summed E-state index contributed by atoms with van der Waals surface area (Å²) in [5.41, 5.74) is 2.33. The highest BCUT2D eigenvalue weighted by Crippen LogP contribution is 2.30. The zero-order valence-electron chi connectivity index (χ0n) is 24.5. The van der Waals surface area contributed by atoms with Gasteiger partial charge in [-0.15, -0.1) is 0 Å². The molecule has 0 heterocycles. The van der Waals surface area contributed by atoms with E-state index in [2.05, 4.69) is 17.6 Å². The van der Waals surface area contributed by atoms with Gasteiger partial charge in [-0.1, -0.05) is 62.9 Å². The Morgan fingerprint density at radius 2 is 1.20 bits per heavy atom. The molecule has 41 heavy (non-hydrogen) atoms. The van der Waals surface area contributed by atoms with Crippen molar-refractivity contribution >= 4 is 11.8 Å². The predicted molar refractivity (Wildman–Crippen MR) is 160 cm³/mol. The van der Waals surface area contributed by atoms with Gasteiger partial charge in [0.15, 0.2) is 11.5 Å². The fourth-order valence-corrected chi connectivity index (χ4v) is 4.36. The molecule has 0 aliphatic rings. The molecule has 0 aliphatic carbocycles. The first-order valence-corrected chi connectivity index (χ1v) is 14.1. The van der Waals surface area contributed by atoms with Crippen LogP contribution >= 0.6 is 0 Å². The van der Waals surface area contributed by atoms with E-state index in [-0.39, 0.29) is 24.7 Å². The van der Waals surface area contributed by atoms with E-state index in [0.29, 0.717) is 35.2 Å². The van der Waals surface area contributed by atoms with Crippen molar-refractivity contribution in [3.63, 3.8) is 0 Å². The summed E-state index contributed by atoms with van der Waals surface area (Å²) < 4.78 is 22.0. The van der Waals surface area contributed by atoms with Gasteiger partial charge in [0.25, 0.3) is 0 Å².